The minimum Gasteiger partial charge on any atom is -0.363 e. The molecule has 2 amide bonds. The lowest BCUT2D eigenvalue weighted by Gasteiger charge is -2.34. The molecule has 0 bridgehead atoms. The van der Waals surface area contributed by atoms with E-state index >= 15 is 0 Å². The highest BCUT2D eigenvalue weighted by Gasteiger charge is 2.35. The first kappa shape index (κ1) is 23.0. The summed E-state index contributed by atoms with van der Waals surface area (Å²) in [5.74, 6) is 1.21. The number of aromatic nitrogens is 3. The summed E-state index contributed by atoms with van der Waals surface area (Å²) in [6.07, 6.45) is 1.88. The van der Waals surface area contributed by atoms with Crippen LogP contribution in [0.2, 0.25) is 0 Å². The number of hydrogen-bond donors (Lipinski definition) is 1. The van der Waals surface area contributed by atoms with Gasteiger partial charge in [0, 0.05) is 56.3 Å². The Hall–Kier alpha value is -3.75. The molecule has 9 nitrogen and oxygen atoms in total. The Morgan fingerprint density at radius 2 is 1.80 bits per heavy atom. The Labute approximate surface area is 205 Å². The van der Waals surface area contributed by atoms with Gasteiger partial charge in [0.2, 0.25) is 11.9 Å². The molecule has 0 unspecified atom stereocenters. The maximum atomic E-state index is 13.2. The molecule has 35 heavy (non-hydrogen) atoms. The largest absolute Gasteiger partial charge is 0.363 e. The summed E-state index contributed by atoms with van der Waals surface area (Å²) < 4.78 is 0. The number of hydrogen-bond acceptors (Lipinski definition) is 7. The summed E-state index contributed by atoms with van der Waals surface area (Å²) in [5, 5.41) is 4.63. The SMILES string of the molecule is CC(=O)N1CCN(c2nc(N[C@H](C)c3cnc4ccccc4c3)c3c(n2)C(=O)N(C(C)C)C3)CC1. The van der Waals surface area contributed by atoms with Crippen LogP contribution in [0.3, 0.4) is 0 Å². The fraction of sp³-hybridized carbons (Fsp3) is 0.423. The number of amides is 2. The summed E-state index contributed by atoms with van der Waals surface area (Å²) in [5.41, 5.74) is 3.29. The molecule has 2 aliphatic rings. The number of benzene rings is 1. The zero-order valence-corrected chi connectivity index (χ0v) is 20.7. The van der Waals surface area contributed by atoms with Crippen LogP contribution in [0.1, 0.15) is 55.4 Å². The van der Waals surface area contributed by atoms with Gasteiger partial charge in [-0.15, -0.1) is 0 Å². The molecule has 3 aromatic rings. The third-order valence-electron chi connectivity index (χ3n) is 6.88. The van der Waals surface area contributed by atoms with E-state index in [4.69, 9.17) is 9.97 Å². The van der Waals surface area contributed by atoms with Crippen LogP contribution in [0.25, 0.3) is 10.9 Å². The molecule has 5 rings (SSSR count). The van der Waals surface area contributed by atoms with Crippen molar-refractivity contribution < 1.29 is 9.59 Å². The zero-order valence-electron chi connectivity index (χ0n) is 20.7. The monoisotopic (exact) mass is 473 g/mol. The summed E-state index contributed by atoms with van der Waals surface area (Å²) in [4.78, 5) is 44.8. The number of anilines is 2. The average molecular weight is 474 g/mol. The van der Waals surface area contributed by atoms with Crippen LogP contribution in [-0.4, -0.2) is 68.8 Å². The molecule has 9 heteroatoms. The van der Waals surface area contributed by atoms with Crippen molar-refractivity contribution in [1.82, 2.24) is 24.8 Å². The maximum absolute atomic E-state index is 13.2. The molecular formula is C26H31N7O2. The molecule has 2 aromatic heterocycles. The number of rotatable bonds is 5. The summed E-state index contributed by atoms with van der Waals surface area (Å²) in [7, 11) is 0. The van der Waals surface area contributed by atoms with Gasteiger partial charge in [-0.1, -0.05) is 18.2 Å². The molecule has 4 heterocycles. The van der Waals surface area contributed by atoms with E-state index in [1.165, 1.54) is 0 Å². The second-order valence-electron chi connectivity index (χ2n) is 9.55. The lowest BCUT2D eigenvalue weighted by Crippen LogP contribution is -2.48. The van der Waals surface area contributed by atoms with Crippen molar-refractivity contribution in [2.24, 2.45) is 0 Å². The number of fused-ring (bicyclic) bond motifs is 2. The number of carbonyl (C=O) groups excluding carboxylic acids is 2. The molecule has 0 spiro atoms. The van der Waals surface area contributed by atoms with Crippen LogP contribution in [-0.2, 0) is 11.3 Å². The number of para-hydroxylation sites is 1. The van der Waals surface area contributed by atoms with Crippen molar-refractivity contribution in [3.05, 3.63) is 53.3 Å². The van der Waals surface area contributed by atoms with E-state index in [1.807, 2.05) is 48.0 Å². The molecule has 182 valence electrons. The fourth-order valence-electron chi connectivity index (χ4n) is 4.69. The minimum atomic E-state index is -0.0725. The van der Waals surface area contributed by atoms with E-state index in [2.05, 4.69) is 34.3 Å². The molecule has 1 atom stereocenters. The highest BCUT2D eigenvalue weighted by atomic mass is 16.2. The average Bonchev–Trinajstić information content (AvgIpc) is 3.20. The van der Waals surface area contributed by atoms with Gasteiger partial charge in [-0.05, 0) is 38.5 Å². The molecule has 2 aliphatic heterocycles. The van der Waals surface area contributed by atoms with Gasteiger partial charge in [-0.2, -0.15) is 4.98 Å². The van der Waals surface area contributed by atoms with Gasteiger partial charge >= 0.3 is 0 Å². The molecule has 0 radical (unpaired) electrons. The molecule has 1 N–H and O–H groups in total. The molecule has 1 aromatic carbocycles. The Balaban J connectivity index is 1.47. The second kappa shape index (κ2) is 9.13. The van der Waals surface area contributed by atoms with Gasteiger partial charge in [0.15, 0.2) is 0 Å². The fourth-order valence-corrected chi connectivity index (χ4v) is 4.69. The third-order valence-corrected chi connectivity index (χ3v) is 6.88. The Kier molecular flexibility index (Phi) is 6.00. The first-order valence-corrected chi connectivity index (χ1v) is 12.2. The van der Waals surface area contributed by atoms with Crippen molar-refractivity contribution in [3.63, 3.8) is 0 Å². The second-order valence-corrected chi connectivity index (χ2v) is 9.55. The molecule has 1 saturated heterocycles. The number of nitrogens with one attached hydrogen (secondary N) is 1. The predicted molar refractivity (Wildman–Crippen MR) is 135 cm³/mol. The van der Waals surface area contributed by atoms with E-state index in [1.54, 1.807) is 6.92 Å². The van der Waals surface area contributed by atoms with Gasteiger partial charge in [-0.25, -0.2) is 4.98 Å². The number of nitrogens with zero attached hydrogens (tertiary/aromatic N) is 6. The van der Waals surface area contributed by atoms with Gasteiger partial charge in [0.05, 0.1) is 18.1 Å². The Morgan fingerprint density at radius 1 is 1.06 bits per heavy atom. The van der Waals surface area contributed by atoms with E-state index in [-0.39, 0.29) is 23.9 Å². The van der Waals surface area contributed by atoms with Crippen molar-refractivity contribution in [3.8, 4) is 0 Å². The minimum absolute atomic E-state index is 0.0641. The summed E-state index contributed by atoms with van der Waals surface area (Å²) >= 11 is 0. The van der Waals surface area contributed by atoms with Crippen molar-refractivity contribution in [2.75, 3.05) is 36.4 Å². The highest BCUT2D eigenvalue weighted by molar-refractivity contribution is 5.98. The Morgan fingerprint density at radius 3 is 2.51 bits per heavy atom. The smallest absolute Gasteiger partial charge is 0.273 e. The standard InChI is InChI=1S/C26H31N7O2/c1-16(2)33-15-21-23(25(33)35)29-26(32-11-9-31(10-12-32)18(4)34)30-24(21)28-17(3)20-13-19-7-5-6-8-22(19)27-14-20/h5-8,13-14,16-17H,9-12,15H2,1-4H3,(H,28,29,30)/t17-/m1/s1. The van der Waals surface area contributed by atoms with Crippen molar-refractivity contribution in [1.29, 1.82) is 0 Å². The highest BCUT2D eigenvalue weighted by Crippen LogP contribution is 2.32. The number of pyridine rings is 1. The first-order chi connectivity index (χ1) is 16.8. The van der Waals surface area contributed by atoms with Crippen molar-refractivity contribution in [2.45, 2.75) is 46.3 Å². The molecule has 1 fully saturated rings. The van der Waals surface area contributed by atoms with Gasteiger partial charge in [0.25, 0.3) is 5.91 Å². The Bertz CT molecular complexity index is 1280. The summed E-state index contributed by atoms with van der Waals surface area (Å²) in [6, 6.07) is 10.2. The van der Waals surface area contributed by atoms with Gasteiger partial charge in [-0.3, -0.25) is 14.6 Å². The first-order valence-electron chi connectivity index (χ1n) is 12.2. The zero-order chi connectivity index (χ0) is 24.7. The van der Waals surface area contributed by atoms with Crippen molar-refractivity contribution >= 4 is 34.5 Å². The van der Waals surface area contributed by atoms with Crippen LogP contribution >= 0.6 is 0 Å². The van der Waals surface area contributed by atoms with E-state index in [0.29, 0.717) is 50.2 Å². The molecule has 0 saturated carbocycles. The quantitative estimate of drug-likeness (QED) is 0.608. The molecular weight excluding hydrogens is 442 g/mol. The normalized spacial score (nSPS) is 16.7. The van der Waals surface area contributed by atoms with Gasteiger partial charge in [0.1, 0.15) is 11.5 Å². The van der Waals surface area contributed by atoms with Crippen LogP contribution < -0.4 is 10.2 Å². The van der Waals surface area contributed by atoms with E-state index < -0.39 is 0 Å². The van der Waals surface area contributed by atoms with E-state index in [9.17, 15) is 9.59 Å². The third kappa shape index (κ3) is 4.38. The number of carbonyl (C=O) groups is 2. The lowest BCUT2D eigenvalue weighted by molar-refractivity contribution is -0.129. The maximum Gasteiger partial charge on any atom is 0.273 e. The van der Waals surface area contributed by atoms with Crippen LogP contribution in [0, 0.1) is 0 Å². The van der Waals surface area contributed by atoms with Gasteiger partial charge < -0.3 is 20.0 Å². The topological polar surface area (TPSA) is 94.6 Å². The molecule has 0 aliphatic carbocycles. The summed E-state index contributed by atoms with van der Waals surface area (Å²) in [6.45, 7) is 10.6. The lowest BCUT2D eigenvalue weighted by atomic mass is 10.1. The van der Waals surface area contributed by atoms with Crippen LogP contribution in [0.15, 0.2) is 36.5 Å². The van der Waals surface area contributed by atoms with Crippen LogP contribution in [0.4, 0.5) is 11.8 Å². The predicted octanol–water partition coefficient (Wildman–Crippen LogP) is 3.23. The van der Waals surface area contributed by atoms with E-state index in [0.717, 1.165) is 22.0 Å². The van der Waals surface area contributed by atoms with Crippen LogP contribution in [0.5, 0.6) is 0 Å². The number of piperazine rings is 1.